The maximum Gasteiger partial charge on any atom is 0.254 e. The number of likely N-dealkylation sites (tertiary alicyclic amines) is 1. The Labute approximate surface area is 142 Å². The molecule has 2 heterocycles. The standard InChI is InChI=1S/C18H25FN2O3/c1-2-23-13-14-3-4-21(12-14)18(22)15-9-16(19)11-17(10-15)20-5-7-24-8-6-20/h9-11,14H,2-8,12-13H2,1H3/t14-/m0/s1. The molecule has 6 heteroatoms. The van der Waals surface area contributed by atoms with Gasteiger partial charge in [-0.1, -0.05) is 0 Å². The van der Waals surface area contributed by atoms with Gasteiger partial charge in [0.15, 0.2) is 0 Å². The Morgan fingerprint density at radius 2 is 2.08 bits per heavy atom. The Bertz CT molecular complexity index is 575. The Kier molecular flexibility index (Phi) is 5.68. The predicted molar refractivity (Wildman–Crippen MR) is 89.9 cm³/mol. The summed E-state index contributed by atoms with van der Waals surface area (Å²) in [7, 11) is 0. The summed E-state index contributed by atoms with van der Waals surface area (Å²) in [5.74, 6) is -0.0865. The van der Waals surface area contributed by atoms with E-state index >= 15 is 0 Å². The van der Waals surface area contributed by atoms with Crippen molar-refractivity contribution in [2.45, 2.75) is 13.3 Å². The molecule has 1 aromatic carbocycles. The molecule has 0 bridgehead atoms. The largest absolute Gasteiger partial charge is 0.381 e. The Morgan fingerprint density at radius 3 is 2.83 bits per heavy atom. The van der Waals surface area contributed by atoms with Gasteiger partial charge < -0.3 is 19.3 Å². The third kappa shape index (κ3) is 4.05. The number of anilines is 1. The molecule has 3 rings (SSSR count). The molecule has 2 saturated heterocycles. The number of carbonyl (C=O) groups is 1. The van der Waals surface area contributed by atoms with Crippen LogP contribution < -0.4 is 4.90 Å². The van der Waals surface area contributed by atoms with Gasteiger partial charge in [0.25, 0.3) is 5.91 Å². The Morgan fingerprint density at radius 1 is 1.29 bits per heavy atom. The smallest absolute Gasteiger partial charge is 0.254 e. The molecule has 2 aliphatic rings. The summed E-state index contributed by atoms with van der Waals surface area (Å²) in [5.41, 5.74) is 1.18. The Hall–Kier alpha value is -1.66. The number of nitrogens with zero attached hydrogens (tertiary/aromatic N) is 2. The molecule has 24 heavy (non-hydrogen) atoms. The van der Waals surface area contributed by atoms with Crippen LogP contribution in [0, 0.1) is 11.7 Å². The van der Waals surface area contributed by atoms with Gasteiger partial charge in [-0.3, -0.25) is 4.79 Å². The number of amides is 1. The van der Waals surface area contributed by atoms with Crippen LogP contribution >= 0.6 is 0 Å². The van der Waals surface area contributed by atoms with Crippen molar-refractivity contribution in [1.82, 2.24) is 4.90 Å². The molecule has 0 aliphatic carbocycles. The monoisotopic (exact) mass is 336 g/mol. The van der Waals surface area contributed by atoms with Gasteiger partial charge in [-0.05, 0) is 31.5 Å². The van der Waals surface area contributed by atoms with Crippen LogP contribution in [0.5, 0.6) is 0 Å². The van der Waals surface area contributed by atoms with E-state index in [-0.39, 0.29) is 11.7 Å². The molecule has 2 fully saturated rings. The molecule has 0 spiro atoms. The van der Waals surface area contributed by atoms with E-state index in [2.05, 4.69) is 4.90 Å². The lowest BCUT2D eigenvalue weighted by atomic mass is 10.1. The van der Waals surface area contributed by atoms with E-state index in [4.69, 9.17) is 9.47 Å². The molecule has 0 N–H and O–H groups in total. The molecule has 132 valence electrons. The summed E-state index contributed by atoms with van der Waals surface area (Å²) in [4.78, 5) is 16.6. The van der Waals surface area contributed by atoms with Crippen LogP contribution in [0.15, 0.2) is 18.2 Å². The molecular formula is C18H25FN2O3. The van der Waals surface area contributed by atoms with E-state index in [0.29, 0.717) is 51.0 Å². The number of ether oxygens (including phenoxy) is 2. The molecule has 0 saturated carbocycles. The van der Waals surface area contributed by atoms with E-state index in [1.165, 1.54) is 12.1 Å². The molecule has 1 aromatic rings. The highest BCUT2D eigenvalue weighted by Crippen LogP contribution is 2.24. The first-order valence-electron chi connectivity index (χ1n) is 8.67. The van der Waals surface area contributed by atoms with Crippen molar-refractivity contribution >= 4 is 11.6 Å². The van der Waals surface area contributed by atoms with Crippen LogP contribution in [-0.4, -0.2) is 63.4 Å². The molecule has 0 aromatic heterocycles. The van der Waals surface area contributed by atoms with Gasteiger partial charge in [-0.2, -0.15) is 0 Å². The number of morpholine rings is 1. The normalized spacial score (nSPS) is 21.3. The van der Waals surface area contributed by atoms with Crippen LogP contribution in [0.4, 0.5) is 10.1 Å². The zero-order chi connectivity index (χ0) is 16.9. The van der Waals surface area contributed by atoms with Gasteiger partial charge in [-0.15, -0.1) is 0 Å². The lowest BCUT2D eigenvalue weighted by Gasteiger charge is -2.29. The van der Waals surface area contributed by atoms with Crippen molar-refractivity contribution in [2.75, 3.05) is 57.5 Å². The van der Waals surface area contributed by atoms with Crippen molar-refractivity contribution in [3.63, 3.8) is 0 Å². The van der Waals surface area contributed by atoms with Crippen molar-refractivity contribution in [2.24, 2.45) is 5.92 Å². The van der Waals surface area contributed by atoms with Crippen molar-refractivity contribution < 1.29 is 18.7 Å². The molecule has 0 unspecified atom stereocenters. The average molecular weight is 336 g/mol. The highest BCUT2D eigenvalue weighted by molar-refractivity contribution is 5.95. The summed E-state index contributed by atoms with van der Waals surface area (Å²) in [5, 5.41) is 0. The summed E-state index contributed by atoms with van der Waals surface area (Å²) in [6.45, 7) is 7.43. The van der Waals surface area contributed by atoms with E-state index in [1.54, 1.807) is 6.07 Å². The van der Waals surface area contributed by atoms with Crippen LogP contribution in [0.25, 0.3) is 0 Å². The summed E-state index contributed by atoms with van der Waals surface area (Å²) in [6, 6.07) is 4.62. The predicted octanol–water partition coefficient (Wildman–Crippen LogP) is 2.16. The maximum absolute atomic E-state index is 14.0. The number of rotatable bonds is 5. The fourth-order valence-corrected chi connectivity index (χ4v) is 3.32. The number of hydrogen-bond donors (Lipinski definition) is 0. The number of benzene rings is 1. The summed E-state index contributed by atoms with van der Waals surface area (Å²) < 4.78 is 24.8. The number of carbonyl (C=O) groups excluding carboxylic acids is 1. The van der Waals surface area contributed by atoms with Crippen molar-refractivity contribution in [3.8, 4) is 0 Å². The van der Waals surface area contributed by atoms with Gasteiger partial charge in [-0.25, -0.2) is 4.39 Å². The topological polar surface area (TPSA) is 42.0 Å². The first kappa shape index (κ1) is 17.2. The van der Waals surface area contributed by atoms with E-state index < -0.39 is 0 Å². The minimum absolute atomic E-state index is 0.0944. The number of halogens is 1. The van der Waals surface area contributed by atoms with E-state index in [9.17, 15) is 9.18 Å². The summed E-state index contributed by atoms with van der Waals surface area (Å²) in [6.07, 6.45) is 0.942. The van der Waals surface area contributed by atoms with Crippen LogP contribution in [-0.2, 0) is 9.47 Å². The zero-order valence-corrected chi connectivity index (χ0v) is 14.2. The second-order valence-electron chi connectivity index (χ2n) is 6.36. The molecule has 5 nitrogen and oxygen atoms in total. The summed E-state index contributed by atoms with van der Waals surface area (Å²) >= 11 is 0. The van der Waals surface area contributed by atoms with Gasteiger partial charge in [0, 0.05) is 50.0 Å². The average Bonchev–Trinajstić information content (AvgIpc) is 3.08. The SMILES string of the molecule is CCOC[C@H]1CCN(C(=O)c2cc(F)cc(N3CCOCC3)c2)C1. The van der Waals surface area contributed by atoms with E-state index in [0.717, 1.165) is 25.2 Å². The van der Waals surface area contributed by atoms with Crippen LogP contribution in [0.3, 0.4) is 0 Å². The third-order valence-corrected chi connectivity index (χ3v) is 4.64. The van der Waals surface area contributed by atoms with Crippen LogP contribution in [0.1, 0.15) is 23.7 Å². The number of hydrogen-bond acceptors (Lipinski definition) is 4. The molecule has 1 amide bonds. The minimum Gasteiger partial charge on any atom is -0.381 e. The second kappa shape index (κ2) is 7.94. The quantitative estimate of drug-likeness (QED) is 0.826. The lowest BCUT2D eigenvalue weighted by Crippen LogP contribution is -2.36. The maximum atomic E-state index is 14.0. The van der Waals surface area contributed by atoms with Gasteiger partial charge in [0.1, 0.15) is 5.82 Å². The van der Waals surface area contributed by atoms with E-state index in [1.807, 2.05) is 11.8 Å². The highest BCUT2D eigenvalue weighted by Gasteiger charge is 2.27. The second-order valence-corrected chi connectivity index (χ2v) is 6.36. The molecular weight excluding hydrogens is 311 g/mol. The first-order valence-corrected chi connectivity index (χ1v) is 8.67. The third-order valence-electron chi connectivity index (χ3n) is 4.64. The molecule has 0 radical (unpaired) electrons. The van der Waals surface area contributed by atoms with Gasteiger partial charge in [0.05, 0.1) is 19.8 Å². The Balaban J connectivity index is 1.69. The molecule has 1 atom stereocenters. The van der Waals surface area contributed by atoms with Crippen molar-refractivity contribution in [3.05, 3.63) is 29.6 Å². The van der Waals surface area contributed by atoms with Crippen LogP contribution in [0.2, 0.25) is 0 Å². The lowest BCUT2D eigenvalue weighted by molar-refractivity contribution is 0.0762. The highest BCUT2D eigenvalue weighted by atomic mass is 19.1. The van der Waals surface area contributed by atoms with Gasteiger partial charge in [0.2, 0.25) is 0 Å². The van der Waals surface area contributed by atoms with Gasteiger partial charge >= 0.3 is 0 Å². The fourth-order valence-electron chi connectivity index (χ4n) is 3.32. The minimum atomic E-state index is -0.368. The van der Waals surface area contributed by atoms with Crippen molar-refractivity contribution in [1.29, 1.82) is 0 Å². The zero-order valence-electron chi connectivity index (χ0n) is 14.2. The molecule has 2 aliphatic heterocycles. The first-order chi connectivity index (χ1) is 11.7. The fraction of sp³-hybridized carbons (Fsp3) is 0.611.